The molecular weight excluding hydrogens is 202 g/mol. The molecule has 1 aliphatic heterocycles. The molecule has 0 atom stereocenters. The van der Waals surface area contributed by atoms with Gasteiger partial charge in [0.25, 0.3) is 0 Å². The second-order valence-electron chi connectivity index (χ2n) is 4.42. The van der Waals surface area contributed by atoms with Crippen LogP contribution < -0.4 is 5.73 Å². The van der Waals surface area contributed by atoms with Crippen LogP contribution in [0.1, 0.15) is 31.5 Å². The third kappa shape index (κ3) is 3.02. The van der Waals surface area contributed by atoms with Crippen LogP contribution in [0.25, 0.3) is 0 Å². The van der Waals surface area contributed by atoms with Crippen LogP contribution in [0.4, 0.5) is 0 Å². The van der Waals surface area contributed by atoms with E-state index in [-0.39, 0.29) is 0 Å². The molecule has 0 radical (unpaired) electrons. The predicted octanol–water partition coefficient (Wildman–Crippen LogP) is 0.613. The van der Waals surface area contributed by atoms with Gasteiger partial charge in [-0.1, -0.05) is 12.8 Å². The second-order valence-corrected chi connectivity index (χ2v) is 4.42. The summed E-state index contributed by atoms with van der Waals surface area (Å²) >= 11 is 0. The number of hydrogen-bond acceptors (Lipinski definition) is 4. The van der Waals surface area contributed by atoms with Crippen LogP contribution in [0.5, 0.6) is 0 Å². The molecule has 0 amide bonds. The molecule has 5 nitrogen and oxygen atoms in total. The molecular formula is C11H21N5. The SMILES string of the molecule is NCCCCCCN1CCn2cnnc2C1. The van der Waals surface area contributed by atoms with Gasteiger partial charge >= 0.3 is 0 Å². The number of hydrogen-bond donors (Lipinski definition) is 1. The summed E-state index contributed by atoms with van der Waals surface area (Å²) in [6, 6.07) is 0. The summed E-state index contributed by atoms with van der Waals surface area (Å²) in [6.07, 6.45) is 6.82. The first-order valence-corrected chi connectivity index (χ1v) is 6.19. The maximum atomic E-state index is 5.47. The van der Waals surface area contributed by atoms with Crippen LogP contribution >= 0.6 is 0 Å². The van der Waals surface area contributed by atoms with Crippen molar-refractivity contribution in [1.82, 2.24) is 19.7 Å². The van der Waals surface area contributed by atoms with Crippen LogP contribution in [0.2, 0.25) is 0 Å². The van der Waals surface area contributed by atoms with Gasteiger partial charge in [0, 0.05) is 13.1 Å². The largest absolute Gasteiger partial charge is 0.330 e. The lowest BCUT2D eigenvalue weighted by Gasteiger charge is -2.26. The molecule has 0 aliphatic carbocycles. The van der Waals surface area contributed by atoms with Gasteiger partial charge in [-0.3, -0.25) is 4.90 Å². The van der Waals surface area contributed by atoms with Gasteiger partial charge < -0.3 is 10.3 Å². The molecule has 0 fully saturated rings. The average molecular weight is 223 g/mol. The Morgan fingerprint density at radius 1 is 1.19 bits per heavy atom. The van der Waals surface area contributed by atoms with E-state index in [9.17, 15) is 0 Å². The van der Waals surface area contributed by atoms with Crippen LogP contribution in [0.15, 0.2) is 6.33 Å². The van der Waals surface area contributed by atoms with E-state index in [2.05, 4.69) is 19.7 Å². The quantitative estimate of drug-likeness (QED) is 0.718. The minimum Gasteiger partial charge on any atom is -0.330 e. The number of aromatic nitrogens is 3. The van der Waals surface area contributed by atoms with Crippen molar-refractivity contribution in [2.24, 2.45) is 5.73 Å². The smallest absolute Gasteiger partial charge is 0.147 e. The number of fused-ring (bicyclic) bond motifs is 1. The van der Waals surface area contributed by atoms with E-state index >= 15 is 0 Å². The van der Waals surface area contributed by atoms with E-state index in [0.29, 0.717) is 0 Å². The van der Waals surface area contributed by atoms with Crippen molar-refractivity contribution in [1.29, 1.82) is 0 Å². The Morgan fingerprint density at radius 2 is 2.06 bits per heavy atom. The highest BCUT2D eigenvalue weighted by Gasteiger charge is 2.16. The van der Waals surface area contributed by atoms with Gasteiger partial charge in [-0.15, -0.1) is 10.2 Å². The monoisotopic (exact) mass is 223 g/mol. The van der Waals surface area contributed by atoms with E-state index in [4.69, 9.17) is 5.73 Å². The van der Waals surface area contributed by atoms with Gasteiger partial charge in [-0.2, -0.15) is 0 Å². The molecule has 2 heterocycles. The molecule has 0 saturated carbocycles. The fourth-order valence-corrected chi connectivity index (χ4v) is 2.14. The Hall–Kier alpha value is -0.940. The molecule has 16 heavy (non-hydrogen) atoms. The van der Waals surface area contributed by atoms with Gasteiger partial charge in [0.15, 0.2) is 0 Å². The Bertz CT molecular complexity index is 309. The van der Waals surface area contributed by atoms with E-state index in [0.717, 1.165) is 38.4 Å². The summed E-state index contributed by atoms with van der Waals surface area (Å²) in [6.45, 7) is 5.12. The lowest BCUT2D eigenvalue weighted by Crippen LogP contribution is -2.34. The molecule has 0 saturated heterocycles. The molecule has 90 valence electrons. The maximum Gasteiger partial charge on any atom is 0.147 e. The molecule has 1 aliphatic rings. The first-order valence-electron chi connectivity index (χ1n) is 6.19. The number of nitrogens with two attached hydrogens (primary N) is 1. The maximum absolute atomic E-state index is 5.47. The van der Waals surface area contributed by atoms with Crippen LogP contribution in [-0.2, 0) is 13.1 Å². The molecule has 5 heteroatoms. The first kappa shape index (κ1) is 11.5. The van der Waals surface area contributed by atoms with Crippen molar-refractivity contribution < 1.29 is 0 Å². The minimum absolute atomic E-state index is 0.826. The first-order chi connectivity index (χ1) is 7.90. The topological polar surface area (TPSA) is 60.0 Å². The van der Waals surface area contributed by atoms with Crippen molar-refractivity contribution >= 4 is 0 Å². The average Bonchev–Trinajstić information content (AvgIpc) is 2.76. The predicted molar refractivity (Wildman–Crippen MR) is 62.8 cm³/mol. The Labute approximate surface area is 96.6 Å². The summed E-state index contributed by atoms with van der Waals surface area (Å²) < 4.78 is 2.14. The lowest BCUT2D eigenvalue weighted by atomic mass is 10.2. The lowest BCUT2D eigenvalue weighted by molar-refractivity contribution is 0.212. The number of rotatable bonds is 6. The summed E-state index contributed by atoms with van der Waals surface area (Å²) in [5.41, 5.74) is 5.47. The highest BCUT2D eigenvalue weighted by Crippen LogP contribution is 2.10. The Kier molecular flexibility index (Phi) is 4.30. The molecule has 0 bridgehead atoms. The summed E-state index contributed by atoms with van der Waals surface area (Å²) in [4.78, 5) is 2.46. The van der Waals surface area contributed by atoms with Gasteiger partial charge in [-0.25, -0.2) is 0 Å². The normalized spacial score (nSPS) is 16.3. The Morgan fingerprint density at radius 3 is 2.94 bits per heavy atom. The number of unbranched alkanes of at least 4 members (excludes halogenated alkanes) is 3. The third-order valence-corrected chi connectivity index (χ3v) is 3.15. The molecule has 2 rings (SSSR count). The van der Waals surface area contributed by atoms with E-state index < -0.39 is 0 Å². The van der Waals surface area contributed by atoms with Gasteiger partial charge in [0.05, 0.1) is 6.54 Å². The highest BCUT2D eigenvalue weighted by atomic mass is 15.3. The van der Waals surface area contributed by atoms with E-state index in [1.54, 1.807) is 0 Å². The summed E-state index contributed by atoms with van der Waals surface area (Å²) in [5, 5.41) is 8.05. The van der Waals surface area contributed by atoms with E-state index in [1.807, 2.05) is 6.33 Å². The molecule has 1 aromatic rings. The molecule has 0 aromatic carbocycles. The van der Waals surface area contributed by atoms with Crippen LogP contribution in [0, 0.1) is 0 Å². The number of nitrogens with zero attached hydrogens (tertiary/aromatic N) is 4. The van der Waals surface area contributed by atoms with Crippen molar-refractivity contribution in [3.05, 3.63) is 12.2 Å². The van der Waals surface area contributed by atoms with Gasteiger partial charge in [0.2, 0.25) is 0 Å². The fraction of sp³-hybridized carbons (Fsp3) is 0.818. The zero-order chi connectivity index (χ0) is 11.2. The van der Waals surface area contributed by atoms with Crippen molar-refractivity contribution in [3.8, 4) is 0 Å². The van der Waals surface area contributed by atoms with E-state index in [1.165, 1.54) is 25.8 Å². The van der Waals surface area contributed by atoms with Crippen molar-refractivity contribution in [2.75, 3.05) is 19.6 Å². The van der Waals surface area contributed by atoms with Crippen LogP contribution in [-0.4, -0.2) is 39.3 Å². The Balaban J connectivity index is 1.65. The zero-order valence-electron chi connectivity index (χ0n) is 9.81. The summed E-state index contributed by atoms with van der Waals surface area (Å²) in [5.74, 6) is 1.10. The van der Waals surface area contributed by atoms with Gasteiger partial charge in [-0.05, 0) is 25.9 Å². The standard InChI is InChI=1S/C11H21N5/c12-5-3-1-2-4-6-15-7-8-16-10-13-14-11(16)9-15/h10H,1-9,12H2. The van der Waals surface area contributed by atoms with Crippen molar-refractivity contribution in [2.45, 2.75) is 38.8 Å². The minimum atomic E-state index is 0.826. The molecule has 0 spiro atoms. The summed E-state index contributed by atoms with van der Waals surface area (Å²) in [7, 11) is 0. The highest BCUT2D eigenvalue weighted by molar-refractivity contribution is 4.89. The second kappa shape index (κ2) is 5.96. The van der Waals surface area contributed by atoms with Crippen LogP contribution in [0.3, 0.4) is 0 Å². The van der Waals surface area contributed by atoms with Gasteiger partial charge in [0.1, 0.15) is 12.2 Å². The van der Waals surface area contributed by atoms with Crippen molar-refractivity contribution in [3.63, 3.8) is 0 Å². The molecule has 0 unspecified atom stereocenters. The fourth-order valence-electron chi connectivity index (χ4n) is 2.14. The molecule has 2 N–H and O–H groups in total. The molecule has 1 aromatic heterocycles. The third-order valence-electron chi connectivity index (χ3n) is 3.15. The zero-order valence-corrected chi connectivity index (χ0v) is 9.81.